The molecule has 1 saturated heterocycles. The number of carboxylic acid groups (broad SMARTS) is 2. The first kappa shape index (κ1) is 35.5. The van der Waals surface area contributed by atoms with E-state index in [2.05, 4.69) is 0 Å². The Hall–Kier alpha value is -2.36. The third-order valence-electron chi connectivity index (χ3n) is 6.49. The Kier molecular flexibility index (Phi) is 11.2. The van der Waals surface area contributed by atoms with Gasteiger partial charge in [0, 0.05) is 29.3 Å². The van der Waals surface area contributed by atoms with Crippen LogP contribution in [0.1, 0.15) is 19.8 Å². The average Bonchev–Trinajstić information content (AvgIpc) is 3.67. The van der Waals surface area contributed by atoms with Gasteiger partial charge in [0.25, 0.3) is 11.5 Å². The van der Waals surface area contributed by atoms with E-state index >= 15 is 0 Å². The van der Waals surface area contributed by atoms with Crippen LogP contribution in [0.5, 0.6) is 11.5 Å². The summed E-state index contributed by atoms with van der Waals surface area (Å²) in [6, 6.07) is 3.53. The van der Waals surface area contributed by atoms with Gasteiger partial charge < -0.3 is 29.1 Å². The van der Waals surface area contributed by atoms with Crippen LogP contribution in [0.3, 0.4) is 0 Å². The maximum Gasteiger partial charge on any atom is 1.00 e. The summed E-state index contributed by atoms with van der Waals surface area (Å²) in [6.07, 6.45) is 2.06. The largest absolute Gasteiger partial charge is 1.00 e. The number of fused-ring (bicyclic) bond motifs is 2. The van der Waals surface area contributed by atoms with E-state index in [0.717, 1.165) is 37.5 Å². The number of nitrogens with zero attached hydrogens (tertiary/aromatic N) is 3. The Morgan fingerprint density at radius 3 is 2.38 bits per heavy atom. The molecule has 0 spiro atoms. The summed E-state index contributed by atoms with van der Waals surface area (Å²) in [5, 5.41) is 19.3. The number of carbonyl (C=O) groups is 3. The van der Waals surface area contributed by atoms with Crippen LogP contribution in [-0.4, -0.2) is 80.5 Å². The number of amides is 1. The van der Waals surface area contributed by atoms with Gasteiger partial charge in [0.1, 0.15) is 27.0 Å². The summed E-state index contributed by atoms with van der Waals surface area (Å²) in [5.41, 5.74) is 0.535. The van der Waals surface area contributed by atoms with Gasteiger partial charge in [-0.1, -0.05) is 42.7 Å². The smallest absolute Gasteiger partial charge is 0.748 e. The Balaban J connectivity index is 0.00000461. The van der Waals surface area contributed by atoms with Crippen molar-refractivity contribution in [3.63, 3.8) is 0 Å². The van der Waals surface area contributed by atoms with E-state index in [9.17, 15) is 42.4 Å². The summed E-state index contributed by atoms with van der Waals surface area (Å²) in [4.78, 5) is 53.1. The van der Waals surface area contributed by atoms with Gasteiger partial charge >= 0.3 is 41.5 Å². The van der Waals surface area contributed by atoms with Crippen molar-refractivity contribution in [2.24, 2.45) is 0 Å². The minimum atomic E-state index is -4.46. The summed E-state index contributed by atoms with van der Waals surface area (Å²) in [6.45, 7) is 0.562. The van der Waals surface area contributed by atoms with Gasteiger partial charge in [-0.25, -0.2) is 8.42 Å². The molecule has 4 heterocycles. The molecule has 14 nitrogen and oxygen atoms in total. The fourth-order valence-electron chi connectivity index (χ4n) is 4.57. The van der Waals surface area contributed by atoms with Crippen molar-refractivity contribution in [1.82, 2.24) is 9.47 Å². The zero-order valence-electron chi connectivity index (χ0n) is 23.6. The van der Waals surface area contributed by atoms with Crippen LogP contribution in [0.4, 0.5) is 5.69 Å². The molecule has 5 rings (SSSR count). The fourth-order valence-corrected chi connectivity index (χ4v) is 8.85. The molecule has 3 aliphatic heterocycles. The van der Waals surface area contributed by atoms with E-state index in [1.165, 1.54) is 11.8 Å². The minimum absolute atomic E-state index is 0. The number of hydrogen-bond donors (Lipinski definition) is 2. The molecule has 1 amide bonds. The quantitative estimate of drug-likeness (QED) is 0.151. The molecule has 2 aromatic rings. The number of thiazole rings is 1. The number of thiocarbonyl (C=S) groups is 1. The second kappa shape index (κ2) is 14.2. The molecule has 3 aliphatic rings. The summed E-state index contributed by atoms with van der Waals surface area (Å²) in [5.74, 6) is -2.91. The van der Waals surface area contributed by atoms with Crippen molar-refractivity contribution in [3.05, 3.63) is 42.8 Å². The first-order chi connectivity index (χ1) is 20.8. The SMILES string of the molecule is CCC(/C=C1\Sc2cc3c(cc2N1CCCS(=O)(=O)[O-])OCO3)=c1\s/c(=C2\SC(=S)N(CC(=O)O)C2=O)n(CC(=O)O)c1=O.[Na+]. The fraction of sp³-hybridized carbons (Fsp3) is 0.320. The number of rotatable bonds is 10. The molecule has 1 aromatic carbocycles. The van der Waals surface area contributed by atoms with Gasteiger partial charge in [0.15, 0.2) is 11.5 Å². The number of carboxylic acids is 2. The van der Waals surface area contributed by atoms with Crippen LogP contribution < -0.4 is 58.7 Å². The number of carbonyl (C=O) groups excluding carboxylic acids is 1. The molecule has 234 valence electrons. The normalized spacial score (nSPS) is 18.4. The number of benzene rings is 1. The first-order valence-corrected chi connectivity index (χ1v) is 17.2. The Bertz CT molecular complexity index is 1940. The molecule has 0 atom stereocenters. The van der Waals surface area contributed by atoms with Crippen molar-refractivity contribution in [2.75, 3.05) is 30.5 Å². The predicted molar refractivity (Wildman–Crippen MR) is 165 cm³/mol. The van der Waals surface area contributed by atoms with Crippen LogP contribution in [-0.2, 0) is 31.0 Å². The van der Waals surface area contributed by atoms with Crippen molar-refractivity contribution < 1.29 is 76.6 Å². The van der Waals surface area contributed by atoms with Crippen molar-refractivity contribution in [3.8, 4) is 11.5 Å². The van der Waals surface area contributed by atoms with Crippen LogP contribution in [0.2, 0.25) is 0 Å². The number of hydrogen-bond acceptors (Lipinski definition) is 14. The van der Waals surface area contributed by atoms with Crippen LogP contribution >= 0.6 is 47.1 Å². The first-order valence-electron chi connectivity index (χ1n) is 12.8. The number of ether oxygens (including phenoxy) is 2. The van der Waals surface area contributed by atoms with Crippen molar-refractivity contribution >= 4 is 95.5 Å². The zero-order chi connectivity index (χ0) is 31.9. The van der Waals surface area contributed by atoms with E-state index in [4.69, 9.17) is 21.7 Å². The molecule has 2 N–H and O–H groups in total. The maximum atomic E-state index is 13.7. The van der Waals surface area contributed by atoms with E-state index in [1.54, 1.807) is 30.0 Å². The van der Waals surface area contributed by atoms with Gasteiger partial charge in [-0.3, -0.25) is 28.6 Å². The van der Waals surface area contributed by atoms with Gasteiger partial charge in [0.2, 0.25) is 6.79 Å². The van der Waals surface area contributed by atoms with Crippen LogP contribution in [0.25, 0.3) is 10.5 Å². The zero-order valence-corrected chi connectivity index (χ0v) is 29.7. The summed E-state index contributed by atoms with van der Waals surface area (Å²) < 4.78 is 46.0. The van der Waals surface area contributed by atoms with E-state index < -0.39 is 52.4 Å². The molecule has 45 heavy (non-hydrogen) atoms. The van der Waals surface area contributed by atoms with Crippen molar-refractivity contribution in [2.45, 2.75) is 31.2 Å². The van der Waals surface area contributed by atoms with Crippen LogP contribution in [0.15, 0.2) is 32.9 Å². The topological polar surface area (TPSA) is 196 Å². The molecule has 20 heteroatoms. The monoisotopic (exact) mass is 723 g/mol. The number of allylic oxidation sites excluding steroid dienone is 1. The number of anilines is 1. The minimum Gasteiger partial charge on any atom is -0.748 e. The molecule has 0 saturated carbocycles. The molecule has 1 aromatic heterocycles. The van der Waals surface area contributed by atoms with Crippen LogP contribution in [0, 0.1) is 0 Å². The molecular weight excluding hydrogens is 702 g/mol. The predicted octanol–water partition coefficient (Wildman–Crippen LogP) is -2.27. The third kappa shape index (κ3) is 7.62. The van der Waals surface area contributed by atoms with E-state index in [0.29, 0.717) is 34.2 Å². The molecule has 0 radical (unpaired) electrons. The molecule has 0 bridgehead atoms. The number of thioether (sulfide) groups is 2. The second-order valence-corrected chi connectivity index (χ2v) is 14.6. The van der Waals surface area contributed by atoms with E-state index in [-0.39, 0.29) is 67.7 Å². The Morgan fingerprint density at radius 1 is 1.09 bits per heavy atom. The van der Waals surface area contributed by atoms with E-state index in [1.807, 2.05) is 0 Å². The Morgan fingerprint density at radius 2 is 1.76 bits per heavy atom. The Labute approximate surface area is 295 Å². The van der Waals surface area contributed by atoms with Crippen molar-refractivity contribution in [1.29, 1.82) is 0 Å². The maximum absolute atomic E-state index is 13.7. The molecule has 0 unspecified atom stereocenters. The van der Waals surface area contributed by atoms with Gasteiger partial charge in [0.05, 0.1) is 25.4 Å². The number of aromatic nitrogens is 1. The molecule has 0 aliphatic carbocycles. The number of aliphatic carboxylic acids is 2. The standard InChI is InChI=1S/C25H23N3O11S5.Na/c1-2-12(6-17-26(4-3-5-44(35,36)37)13-7-14-15(39-11-38-14)8-16(13)41-17)20-22(33)27(9-18(29)30)24(42-20)21-23(34)28(10-19(31)32)25(40)43-21;/h6-8H,2-5,9-11H2,1H3,(H,29,30)(H,31,32)(H,35,36,37);/q;+1/p-1/b17-6-,20-12+,24-21-;. The van der Waals surface area contributed by atoms with Gasteiger partial charge in [-0.2, -0.15) is 0 Å². The third-order valence-corrected chi connectivity index (χ3v) is 11.2. The average molecular weight is 724 g/mol. The second-order valence-electron chi connectivity index (χ2n) is 9.41. The van der Waals surface area contributed by atoms with Gasteiger partial charge in [-0.05, 0) is 24.5 Å². The summed E-state index contributed by atoms with van der Waals surface area (Å²) in [7, 11) is -4.46. The molecular formula is C25H22N3NaO11S5. The summed E-state index contributed by atoms with van der Waals surface area (Å²) >= 11 is 8.19. The van der Waals surface area contributed by atoms with Gasteiger partial charge in [-0.15, -0.1) is 11.3 Å². The molecule has 1 fully saturated rings.